The van der Waals surface area contributed by atoms with Crippen LogP contribution in [-0.4, -0.2) is 39.5 Å². The van der Waals surface area contributed by atoms with E-state index in [1.54, 1.807) is 0 Å². The van der Waals surface area contributed by atoms with Crippen molar-refractivity contribution in [3.05, 3.63) is 28.4 Å². The average Bonchev–Trinajstić information content (AvgIpc) is 2.88. The van der Waals surface area contributed by atoms with Crippen LogP contribution in [-0.2, 0) is 11.3 Å². The smallest absolute Gasteiger partial charge is 0.410 e. The molecule has 0 aliphatic carbocycles. The molecule has 0 radical (unpaired) electrons. The third kappa shape index (κ3) is 4.54. The number of rotatable bonds is 2. The third-order valence-corrected chi connectivity index (χ3v) is 5.40. The van der Waals surface area contributed by atoms with Crippen LogP contribution in [0.25, 0.3) is 10.9 Å². The monoisotopic (exact) mass is 407 g/mol. The van der Waals surface area contributed by atoms with Crippen LogP contribution in [0.1, 0.15) is 39.2 Å². The summed E-state index contributed by atoms with van der Waals surface area (Å²) in [6.45, 7) is 10.2. The standard InChI is InChI=1S/C19H26BrN3O2/c1-13-9-17-15(10-16(13)20)12-23(21-17)11-14-5-7-22(8-6-14)18(24)25-19(2,3)4/h9-10,12,14H,5-8,11H2,1-4H3. The quantitative estimate of drug-likeness (QED) is 0.720. The minimum absolute atomic E-state index is 0.198. The highest BCUT2D eigenvalue weighted by atomic mass is 79.9. The van der Waals surface area contributed by atoms with E-state index in [-0.39, 0.29) is 6.09 Å². The number of aryl methyl sites for hydroxylation is 1. The molecule has 0 unspecified atom stereocenters. The van der Waals surface area contributed by atoms with Crippen molar-refractivity contribution in [2.45, 2.75) is 52.7 Å². The van der Waals surface area contributed by atoms with Gasteiger partial charge in [-0.05, 0) is 64.2 Å². The summed E-state index contributed by atoms with van der Waals surface area (Å²) in [5, 5.41) is 5.86. The first kappa shape index (κ1) is 18.2. The lowest BCUT2D eigenvalue weighted by molar-refractivity contribution is 0.0177. The Labute approximate surface area is 157 Å². The highest BCUT2D eigenvalue weighted by Gasteiger charge is 2.27. The molecule has 3 rings (SSSR count). The number of ether oxygens (including phenoxy) is 1. The second-order valence-electron chi connectivity index (χ2n) is 7.92. The number of hydrogen-bond donors (Lipinski definition) is 0. The van der Waals surface area contributed by atoms with Gasteiger partial charge in [-0.25, -0.2) is 4.79 Å². The Balaban J connectivity index is 1.58. The third-order valence-electron chi connectivity index (χ3n) is 4.54. The molecule has 0 spiro atoms. The second kappa shape index (κ2) is 6.98. The Kier molecular flexibility index (Phi) is 5.09. The highest BCUT2D eigenvalue weighted by molar-refractivity contribution is 9.10. The molecule has 2 heterocycles. The van der Waals surface area contributed by atoms with Crippen LogP contribution >= 0.6 is 15.9 Å². The van der Waals surface area contributed by atoms with Crippen molar-refractivity contribution in [1.82, 2.24) is 14.7 Å². The molecule has 2 aromatic rings. The molecule has 1 fully saturated rings. The Bertz CT molecular complexity index is 732. The fourth-order valence-corrected chi connectivity index (χ4v) is 3.54. The van der Waals surface area contributed by atoms with Crippen LogP contribution in [0, 0.1) is 12.8 Å². The molecule has 1 aliphatic rings. The summed E-state index contributed by atoms with van der Waals surface area (Å²) in [6.07, 6.45) is 3.88. The zero-order valence-corrected chi connectivity index (χ0v) is 17.0. The molecular weight excluding hydrogens is 382 g/mol. The number of aromatic nitrogens is 2. The normalized spacial score (nSPS) is 16.4. The van der Waals surface area contributed by atoms with E-state index < -0.39 is 5.60 Å². The molecule has 1 saturated heterocycles. The first-order chi connectivity index (χ1) is 11.7. The van der Waals surface area contributed by atoms with E-state index in [0.29, 0.717) is 5.92 Å². The molecule has 5 nitrogen and oxygen atoms in total. The summed E-state index contributed by atoms with van der Waals surface area (Å²) < 4.78 is 8.62. The maximum absolute atomic E-state index is 12.1. The van der Waals surface area contributed by atoms with Crippen molar-refractivity contribution in [1.29, 1.82) is 0 Å². The Morgan fingerprint density at radius 1 is 1.32 bits per heavy atom. The molecule has 0 atom stereocenters. The number of piperidine rings is 1. The van der Waals surface area contributed by atoms with Gasteiger partial charge in [0.15, 0.2) is 0 Å². The number of carbonyl (C=O) groups excluding carboxylic acids is 1. The number of fused-ring (bicyclic) bond motifs is 1. The SMILES string of the molecule is Cc1cc2nn(CC3CCN(C(=O)OC(C)(C)C)CC3)cc2cc1Br. The minimum Gasteiger partial charge on any atom is -0.444 e. The zero-order valence-electron chi connectivity index (χ0n) is 15.4. The molecule has 0 bridgehead atoms. The van der Waals surface area contributed by atoms with Crippen LogP contribution < -0.4 is 0 Å². The average molecular weight is 408 g/mol. The molecule has 0 N–H and O–H groups in total. The van der Waals surface area contributed by atoms with E-state index in [1.807, 2.05) is 30.4 Å². The summed E-state index contributed by atoms with van der Waals surface area (Å²) in [5.74, 6) is 0.539. The van der Waals surface area contributed by atoms with Crippen molar-refractivity contribution in [2.24, 2.45) is 5.92 Å². The van der Waals surface area contributed by atoms with Gasteiger partial charge in [0.1, 0.15) is 5.60 Å². The molecule has 136 valence electrons. The molecule has 1 amide bonds. The van der Waals surface area contributed by atoms with Crippen LogP contribution in [0.2, 0.25) is 0 Å². The molecule has 6 heteroatoms. The predicted octanol–water partition coefficient (Wildman–Crippen LogP) is 4.75. The van der Waals surface area contributed by atoms with Gasteiger partial charge in [-0.3, -0.25) is 4.68 Å². The van der Waals surface area contributed by atoms with Crippen LogP contribution in [0.15, 0.2) is 22.8 Å². The van der Waals surface area contributed by atoms with Gasteiger partial charge >= 0.3 is 6.09 Å². The number of nitrogens with zero attached hydrogens (tertiary/aromatic N) is 3. The number of halogens is 1. The van der Waals surface area contributed by atoms with Crippen molar-refractivity contribution >= 4 is 32.9 Å². The largest absolute Gasteiger partial charge is 0.444 e. The number of carbonyl (C=O) groups is 1. The van der Waals surface area contributed by atoms with Gasteiger partial charge in [-0.2, -0.15) is 5.10 Å². The minimum atomic E-state index is -0.435. The predicted molar refractivity (Wildman–Crippen MR) is 103 cm³/mol. The lowest BCUT2D eigenvalue weighted by Crippen LogP contribution is -2.42. The van der Waals surface area contributed by atoms with Gasteiger partial charge < -0.3 is 9.64 Å². The van der Waals surface area contributed by atoms with E-state index in [0.717, 1.165) is 47.9 Å². The Morgan fingerprint density at radius 2 is 2.00 bits per heavy atom. The van der Waals surface area contributed by atoms with E-state index in [4.69, 9.17) is 9.84 Å². The van der Waals surface area contributed by atoms with E-state index in [1.165, 1.54) is 5.56 Å². The summed E-state index contributed by atoms with van der Waals surface area (Å²) in [5.41, 5.74) is 1.80. The number of hydrogen-bond acceptors (Lipinski definition) is 3. The van der Waals surface area contributed by atoms with Crippen LogP contribution in [0.3, 0.4) is 0 Å². The van der Waals surface area contributed by atoms with Crippen molar-refractivity contribution in [3.8, 4) is 0 Å². The fourth-order valence-electron chi connectivity index (χ4n) is 3.18. The molecule has 1 aromatic heterocycles. The number of benzene rings is 1. The Morgan fingerprint density at radius 3 is 2.64 bits per heavy atom. The van der Waals surface area contributed by atoms with Crippen LogP contribution in [0.4, 0.5) is 4.79 Å². The first-order valence-electron chi connectivity index (χ1n) is 8.82. The summed E-state index contributed by atoms with van der Waals surface area (Å²) in [7, 11) is 0. The van der Waals surface area contributed by atoms with Crippen molar-refractivity contribution < 1.29 is 9.53 Å². The van der Waals surface area contributed by atoms with E-state index in [2.05, 4.69) is 41.2 Å². The van der Waals surface area contributed by atoms with Gasteiger partial charge in [0.2, 0.25) is 0 Å². The first-order valence-corrected chi connectivity index (χ1v) is 9.62. The van der Waals surface area contributed by atoms with Crippen LogP contribution in [0.5, 0.6) is 0 Å². The summed E-state index contributed by atoms with van der Waals surface area (Å²) in [4.78, 5) is 14.0. The summed E-state index contributed by atoms with van der Waals surface area (Å²) in [6, 6.07) is 4.24. The molecule has 25 heavy (non-hydrogen) atoms. The lowest BCUT2D eigenvalue weighted by atomic mass is 9.97. The lowest BCUT2D eigenvalue weighted by Gasteiger charge is -2.33. The van der Waals surface area contributed by atoms with E-state index >= 15 is 0 Å². The molecule has 0 saturated carbocycles. The highest BCUT2D eigenvalue weighted by Crippen LogP contribution is 2.25. The molecule has 1 aliphatic heterocycles. The van der Waals surface area contributed by atoms with Gasteiger partial charge in [0.25, 0.3) is 0 Å². The van der Waals surface area contributed by atoms with E-state index in [9.17, 15) is 4.79 Å². The maximum Gasteiger partial charge on any atom is 0.410 e. The number of likely N-dealkylation sites (tertiary alicyclic amines) is 1. The zero-order chi connectivity index (χ0) is 18.2. The fraction of sp³-hybridized carbons (Fsp3) is 0.579. The molecule has 1 aromatic carbocycles. The topological polar surface area (TPSA) is 47.4 Å². The van der Waals surface area contributed by atoms with Gasteiger partial charge in [0.05, 0.1) is 5.52 Å². The van der Waals surface area contributed by atoms with Crippen molar-refractivity contribution in [2.75, 3.05) is 13.1 Å². The Hall–Kier alpha value is -1.56. The molecular formula is C19H26BrN3O2. The second-order valence-corrected chi connectivity index (χ2v) is 8.78. The van der Waals surface area contributed by atoms with Gasteiger partial charge in [-0.15, -0.1) is 0 Å². The van der Waals surface area contributed by atoms with Crippen molar-refractivity contribution in [3.63, 3.8) is 0 Å². The maximum atomic E-state index is 12.1. The van der Waals surface area contributed by atoms with Gasteiger partial charge in [0, 0.05) is 35.7 Å². The number of amides is 1. The van der Waals surface area contributed by atoms with Gasteiger partial charge in [-0.1, -0.05) is 15.9 Å². The summed E-state index contributed by atoms with van der Waals surface area (Å²) >= 11 is 3.58.